The van der Waals surface area contributed by atoms with Gasteiger partial charge in [0.1, 0.15) is 5.75 Å². The average Bonchev–Trinajstić information content (AvgIpc) is 2.28. The highest BCUT2D eigenvalue weighted by atomic mass is 32.2. The van der Waals surface area contributed by atoms with E-state index in [-0.39, 0.29) is 16.3 Å². The van der Waals surface area contributed by atoms with Crippen molar-refractivity contribution in [1.82, 2.24) is 4.72 Å². The average molecular weight is 272 g/mol. The predicted octanol–water partition coefficient (Wildman–Crippen LogP) is 1.69. The summed E-state index contributed by atoms with van der Waals surface area (Å²) >= 11 is 0. The van der Waals surface area contributed by atoms with E-state index in [9.17, 15) is 13.5 Å². The van der Waals surface area contributed by atoms with Crippen LogP contribution in [0.15, 0.2) is 23.1 Å². The van der Waals surface area contributed by atoms with Gasteiger partial charge in [-0.15, -0.1) is 0 Å². The molecule has 0 aliphatic heterocycles. The van der Waals surface area contributed by atoms with E-state index in [0.717, 1.165) is 12.8 Å². The van der Waals surface area contributed by atoms with Crippen LogP contribution in [-0.2, 0) is 10.0 Å². The second-order valence-electron chi connectivity index (χ2n) is 4.65. The number of aromatic hydroxyl groups is 1. The van der Waals surface area contributed by atoms with Crippen molar-refractivity contribution >= 4 is 15.7 Å². The van der Waals surface area contributed by atoms with Crippen molar-refractivity contribution in [3.63, 3.8) is 0 Å². The van der Waals surface area contributed by atoms with E-state index in [4.69, 9.17) is 5.73 Å². The van der Waals surface area contributed by atoms with Crippen LogP contribution < -0.4 is 10.5 Å². The van der Waals surface area contributed by atoms with Gasteiger partial charge in [-0.2, -0.15) is 0 Å². The number of benzene rings is 1. The van der Waals surface area contributed by atoms with Crippen molar-refractivity contribution in [1.29, 1.82) is 0 Å². The number of nitrogens with one attached hydrogen (secondary N) is 1. The zero-order chi connectivity index (χ0) is 13.8. The van der Waals surface area contributed by atoms with E-state index < -0.39 is 10.0 Å². The molecule has 0 aliphatic rings. The Balaban J connectivity index is 2.66. The first-order valence-electron chi connectivity index (χ1n) is 5.91. The van der Waals surface area contributed by atoms with Crippen molar-refractivity contribution < 1.29 is 13.5 Å². The first kappa shape index (κ1) is 14.8. The van der Waals surface area contributed by atoms with Gasteiger partial charge in [0, 0.05) is 6.54 Å². The predicted molar refractivity (Wildman–Crippen MR) is 71.8 cm³/mol. The Morgan fingerprint density at radius 3 is 2.61 bits per heavy atom. The molecule has 18 heavy (non-hydrogen) atoms. The lowest BCUT2D eigenvalue weighted by Gasteiger charge is -2.09. The lowest BCUT2D eigenvalue weighted by atomic mass is 10.1. The van der Waals surface area contributed by atoms with Crippen LogP contribution in [0.25, 0.3) is 0 Å². The molecule has 102 valence electrons. The summed E-state index contributed by atoms with van der Waals surface area (Å²) in [6.45, 7) is 4.59. The highest BCUT2D eigenvalue weighted by Gasteiger charge is 2.14. The summed E-state index contributed by atoms with van der Waals surface area (Å²) in [4.78, 5) is 0.0716. The van der Waals surface area contributed by atoms with E-state index in [0.29, 0.717) is 12.5 Å². The molecule has 0 saturated carbocycles. The molecule has 0 unspecified atom stereocenters. The van der Waals surface area contributed by atoms with Crippen LogP contribution in [0.4, 0.5) is 5.69 Å². The lowest BCUT2D eigenvalue weighted by molar-refractivity contribution is 0.477. The molecule has 1 rings (SSSR count). The number of phenols is 1. The van der Waals surface area contributed by atoms with Gasteiger partial charge in [0.05, 0.1) is 10.6 Å². The van der Waals surface area contributed by atoms with Gasteiger partial charge in [0.15, 0.2) is 0 Å². The van der Waals surface area contributed by atoms with Gasteiger partial charge >= 0.3 is 0 Å². The van der Waals surface area contributed by atoms with Crippen molar-refractivity contribution in [2.45, 2.75) is 31.6 Å². The maximum atomic E-state index is 11.9. The smallest absolute Gasteiger partial charge is 0.240 e. The third-order valence-electron chi connectivity index (χ3n) is 2.56. The fraction of sp³-hybridized carbons (Fsp3) is 0.500. The number of sulfonamides is 1. The van der Waals surface area contributed by atoms with Crippen LogP contribution in [0.3, 0.4) is 0 Å². The number of rotatable bonds is 6. The Labute approximate surface area is 108 Å². The largest absolute Gasteiger partial charge is 0.506 e. The lowest BCUT2D eigenvalue weighted by Crippen LogP contribution is -2.25. The standard InChI is InChI=1S/C12H20N2O3S/c1-9(2)4-3-7-14-18(16,17)10-5-6-12(15)11(13)8-10/h5-6,8-9,14-15H,3-4,7,13H2,1-2H3. The molecule has 0 saturated heterocycles. The Kier molecular flexibility index (Phi) is 4.98. The van der Waals surface area contributed by atoms with E-state index in [2.05, 4.69) is 18.6 Å². The molecule has 4 N–H and O–H groups in total. The molecule has 0 amide bonds. The molecule has 0 fully saturated rings. The van der Waals surface area contributed by atoms with Crippen LogP contribution in [0.5, 0.6) is 5.75 Å². The molecular weight excluding hydrogens is 252 g/mol. The molecule has 1 aromatic rings. The first-order chi connectivity index (χ1) is 8.33. The topological polar surface area (TPSA) is 92.4 Å². The molecule has 0 atom stereocenters. The van der Waals surface area contributed by atoms with Crippen molar-refractivity contribution in [2.24, 2.45) is 5.92 Å². The van der Waals surface area contributed by atoms with E-state index >= 15 is 0 Å². The van der Waals surface area contributed by atoms with Gasteiger partial charge in [-0.05, 0) is 37.0 Å². The number of nitrogens with two attached hydrogens (primary N) is 1. The van der Waals surface area contributed by atoms with Crippen LogP contribution in [-0.4, -0.2) is 20.1 Å². The highest BCUT2D eigenvalue weighted by molar-refractivity contribution is 7.89. The summed E-state index contributed by atoms with van der Waals surface area (Å²) in [5.41, 5.74) is 5.53. The Hall–Kier alpha value is -1.27. The quantitative estimate of drug-likeness (QED) is 0.417. The molecule has 0 aliphatic carbocycles. The summed E-state index contributed by atoms with van der Waals surface area (Å²) in [7, 11) is -3.54. The monoisotopic (exact) mass is 272 g/mol. The fourth-order valence-electron chi connectivity index (χ4n) is 1.50. The summed E-state index contributed by atoms with van der Waals surface area (Å²) < 4.78 is 26.3. The SMILES string of the molecule is CC(C)CCCNS(=O)(=O)c1ccc(O)c(N)c1. The molecule has 0 aromatic heterocycles. The Morgan fingerprint density at radius 2 is 2.06 bits per heavy atom. The number of phenolic OH excluding ortho intramolecular Hbond substituents is 1. The van der Waals surface area contributed by atoms with Gasteiger partial charge in [0.25, 0.3) is 0 Å². The third kappa shape index (κ3) is 4.19. The van der Waals surface area contributed by atoms with Gasteiger partial charge in [-0.3, -0.25) is 0 Å². The molecule has 6 heteroatoms. The zero-order valence-electron chi connectivity index (χ0n) is 10.7. The third-order valence-corrected chi connectivity index (χ3v) is 4.02. The van der Waals surface area contributed by atoms with Crippen molar-refractivity contribution in [3.05, 3.63) is 18.2 Å². The van der Waals surface area contributed by atoms with Crippen molar-refractivity contribution in [2.75, 3.05) is 12.3 Å². The number of hydrogen-bond donors (Lipinski definition) is 3. The Morgan fingerprint density at radius 1 is 1.39 bits per heavy atom. The molecular formula is C12H20N2O3S. The number of hydrogen-bond acceptors (Lipinski definition) is 4. The van der Waals surface area contributed by atoms with Gasteiger partial charge in [-0.25, -0.2) is 13.1 Å². The van der Waals surface area contributed by atoms with Crippen LogP contribution >= 0.6 is 0 Å². The van der Waals surface area contributed by atoms with Crippen molar-refractivity contribution in [3.8, 4) is 5.75 Å². The molecule has 0 spiro atoms. The summed E-state index contributed by atoms with van der Waals surface area (Å²) in [6.07, 6.45) is 1.77. The minimum absolute atomic E-state index is 0.0556. The normalized spacial score (nSPS) is 11.9. The van der Waals surface area contributed by atoms with E-state index in [1.807, 2.05) is 0 Å². The van der Waals surface area contributed by atoms with E-state index in [1.165, 1.54) is 18.2 Å². The van der Waals surface area contributed by atoms with E-state index in [1.54, 1.807) is 0 Å². The molecule has 0 radical (unpaired) electrons. The second-order valence-corrected chi connectivity index (χ2v) is 6.42. The second kappa shape index (κ2) is 6.06. The van der Waals surface area contributed by atoms with Gasteiger partial charge in [-0.1, -0.05) is 13.8 Å². The van der Waals surface area contributed by atoms with Gasteiger partial charge < -0.3 is 10.8 Å². The summed E-state index contributed by atoms with van der Waals surface area (Å²) in [5, 5.41) is 9.24. The Bertz CT molecular complexity index is 498. The zero-order valence-corrected chi connectivity index (χ0v) is 11.5. The number of anilines is 1. The summed E-state index contributed by atoms with van der Waals surface area (Å²) in [5.74, 6) is 0.438. The maximum Gasteiger partial charge on any atom is 0.240 e. The van der Waals surface area contributed by atoms with Crippen LogP contribution in [0, 0.1) is 5.92 Å². The first-order valence-corrected chi connectivity index (χ1v) is 7.39. The number of nitrogen functional groups attached to an aromatic ring is 1. The van der Waals surface area contributed by atoms with Crippen LogP contribution in [0.1, 0.15) is 26.7 Å². The fourth-order valence-corrected chi connectivity index (χ4v) is 2.61. The van der Waals surface area contributed by atoms with Gasteiger partial charge in [0.2, 0.25) is 10.0 Å². The molecule has 0 bridgehead atoms. The minimum Gasteiger partial charge on any atom is -0.506 e. The maximum absolute atomic E-state index is 11.9. The molecule has 5 nitrogen and oxygen atoms in total. The molecule has 0 heterocycles. The minimum atomic E-state index is -3.54. The highest BCUT2D eigenvalue weighted by Crippen LogP contribution is 2.22. The molecule has 1 aromatic carbocycles. The summed E-state index contributed by atoms with van der Waals surface area (Å²) in [6, 6.07) is 3.86. The van der Waals surface area contributed by atoms with Crippen LogP contribution in [0.2, 0.25) is 0 Å².